The van der Waals surface area contributed by atoms with Crippen molar-refractivity contribution in [1.82, 2.24) is 5.32 Å². The summed E-state index contributed by atoms with van der Waals surface area (Å²) in [6, 6.07) is -0.352. The van der Waals surface area contributed by atoms with Gasteiger partial charge in [-0.2, -0.15) is 0 Å². The second-order valence-corrected chi connectivity index (χ2v) is 5.39. The van der Waals surface area contributed by atoms with E-state index in [-0.39, 0.29) is 11.9 Å². The molecule has 0 saturated heterocycles. The summed E-state index contributed by atoms with van der Waals surface area (Å²) in [6.45, 7) is 4.90. The highest BCUT2D eigenvalue weighted by Gasteiger charge is 2.14. The minimum Gasteiger partial charge on any atom is -0.354 e. The molecule has 0 radical (unpaired) electrons. The van der Waals surface area contributed by atoms with E-state index in [9.17, 15) is 4.79 Å². The van der Waals surface area contributed by atoms with Gasteiger partial charge in [-0.25, -0.2) is 0 Å². The molecule has 1 aliphatic rings. The number of hydrogen-bond donors (Lipinski definition) is 2. The molecule has 3 N–H and O–H groups in total. The molecule has 3 nitrogen and oxygen atoms in total. The van der Waals surface area contributed by atoms with E-state index in [0.29, 0.717) is 5.92 Å². The van der Waals surface area contributed by atoms with Crippen LogP contribution in [0.1, 0.15) is 52.4 Å². The van der Waals surface area contributed by atoms with Crippen LogP contribution in [0.4, 0.5) is 0 Å². The molecule has 0 fully saturated rings. The van der Waals surface area contributed by atoms with Crippen LogP contribution >= 0.6 is 0 Å². The van der Waals surface area contributed by atoms with E-state index in [1.54, 1.807) is 0 Å². The zero-order chi connectivity index (χ0) is 12.7. The van der Waals surface area contributed by atoms with E-state index in [2.05, 4.69) is 25.2 Å². The van der Waals surface area contributed by atoms with Crippen molar-refractivity contribution in [3.05, 3.63) is 11.6 Å². The van der Waals surface area contributed by atoms with E-state index in [1.807, 2.05) is 0 Å². The highest BCUT2D eigenvalue weighted by Crippen LogP contribution is 2.19. The number of allylic oxidation sites excluding steroid dienone is 1. The van der Waals surface area contributed by atoms with Crippen molar-refractivity contribution in [3.63, 3.8) is 0 Å². The van der Waals surface area contributed by atoms with Gasteiger partial charge in [0.15, 0.2) is 0 Å². The first-order valence-electron chi connectivity index (χ1n) is 6.80. The first-order chi connectivity index (χ1) is 8.09. The van der Waals surface area contributed by atoms with Gasteiger partial charge in [0.25, 0.3) is 0 Å². The number of amides is 1. The molecule has 1 aliphatic carbocycles. The fourth-order valence-corrected chi connectivity index (χ4v) is 2.22. The molecule has 0 aromatic heterocycles. The molecular formula is C14H26N2O. The van der Waals surface area contributed by atoms with Crippen LogP contribution in [-0.4, -0.2) is 18.5 Å². The Labute approximate surface area is 105 Å². The largest absolute Gasteiger partial charge is 0.354 e. The fraction of sp³-hybridized carbons (Fsp3) is 0.786. The summed E-state index contributed by atoms with van der Waals surface area (Å²) in [4.78, 5) is 11.7. The van der Waals surface area contributed by atoms with Crippen molar-refractivity contribution < 1.29 is 4.79 Å². The van der Waals surface area contributed by atoms with Crippen LogP contribution in [0.3, 0.4) is 0 Å². The molecule has 0 saturated carbocycles. The highest BCUT2D eigenvalue weighted by atomic mass is 16.2. The number of nitrogens with one attached hydrogen (secondary N) is 1. The normalized spacial score (nSPS) is 17.8. The van der Waals surface area contributed by atoms with E-state index in [1.165, 1.54) is 31.3 Å². The average Bonchev–Trinajstić information content (AvgIpc) is 2.29. The summed E-state index contributed by atoms with van der Waals surface area (Å²) in [5.41, 5.74) is 7.31. The summed E-state index contributed by atoms with van der Waals surface area (Å²) in [7, 11) is 0. The Hall–Kier alpha value is -0.830. The Morgan fingerprint density at radius 3 is 2.82 bits per heavy atom. The lowest BCUT2D eigenvalue weighted by Gasteiger charge is -2.16. The lowest BCUT2D eigenvalue weighted by Crippen LogP contribution is -2.41. The van der Waals surface area contributed by atoms with E-state index >= 15 is 0 Å². The molecule has 0 aliphatic heterocycles. The number of nitrogens with two attached hydrogens (primary N) is 1. The van der Waals surface area contributed by atoms with Gasteiger partial charge in [0.1, 0.15) is 0 Å². The predicted molar refractivity (Wildman–Crippen MR) is 71.6 cm³/mol. The van der Waals surface area contributed by atoms with Crippen molar-refractivity contribution in [3.8, 4) is 0 Å². The van der Waals surface area contributed by atoms with Crippen molar-refractivity contribution in [2.24, 2.45) is 11.7 Å². The van der Waals surface area contributed by atoms with Gasteiger partial charge in [-0.3, -0.25) is 4.79 Å². The molecule has 1 rings (SSSR count). The second-order valence-electron chi connectivity index (χ2n) is 5.39. The van der Waals surface area contributed by atoms with Crippen LogP contribution in [0.2, 0.25) is 0 Å². The Morgan fingerprint density at radius 2 is 2.24 bits per heavy atom. The van der Waals surface area contributed by atoms with Crippen molar-refractivity contribution in [2.75, 3.05) is 6.54 Å². The van der Waals surface area contributed by atoms with Crippen LogP contribution in [0.25, 0.3) is 0 Å². The topological polar surface area (TPSA) is 55.1 Å². The summed E-state index contributed by atoms with van der Waals surface area (Å²) in [5.74, 6) is 0.465. The third-order valence-corrected chi connectivity index (χ3v) is 3.19. The van der Waals surface area contributed by atoms with E-state index in [4.69, 9.17) is 5.73 Å². The van der Waals surface area contributed by atoms with Gasteiger partial charge >= 0.3 is 0 Å². The summed E-state index contributed by atoms with van der Waals surface area (Å²) < 4.78 is 0. The van der Waals surface area contributed by atoms with Gasteiger partial charge < -0.3 is 11.1 Å². The monoisotopic (exact) mass is 238 g/mol. The van der Waals surface area contributed by atoms with Crippen LogP contribution in [0.5, 0.6) is 0 Å². The number of rotatable bonds is 6. The molecule has 0 aromatic carbocycles. The minimum atomic E-state index is -0.352. The predicted octanol–water partition coefficient (Wildman–Crippen LogP) is 2.37. The highest BCUT2D eigenvalue weighted by molar-refractivity contribution is 5.81. The summed E-state index contributed by atoms with van der Waals surface area (Å²) in [5, 5.41) is 2.93. The Morgan fingerprint density at radius 1 is 1.47 bits per heavy atom. The molecule has 1 amide bonds. The number of carbonyl (C=O) groups excluding carboxylic acids is 1. The maximum atomic E-state index is 11.7. The number of hydrogen-bond acceptors (Lipinski definition) is 2. The molecule has 98 valence electrons. The third kappa shape index (κ3) is 5.87. The number of carbonyl (C=O) groups is 1. The maximum absolute atomic E-state index is 11.7. The maximum Gasteiger partial charge on any atom is 0.236 e. The zero-order valence-corrected chi connectivity index (χ0v) is 11.2. The van der Waals surface area contributed by atoms with Crippen molar-refractivity contribution in [2.45, 2.75) is 58.4 Å². The van der Waals surface area contributed by atoms with Crippen LogP contribution in [0, 0.1) is 5.92 Å². The molecule has 1 atom stereocenters. The average molecular weight is 238 g/mol. The molecule has 0 bridgehead atoms. The quantitative estimate of drug-likeness (QED) is 0.698. The van der Waals surface area contributed by atoms with Crippen LogP contribution in [-0.2, 0) is 4.79 Å². The van der Waals surface area contributed by atoms with Gasteiger partial charge in [-0.1, -0.05) is 25.5 Å². The smallest absolute Gasteiger partial charge is 0.236 e. The van der Waals surface area contributed by atoms with Gasteiger partial charge in [0.2, 0.25) is 5.91 Å². The zero-order valence-electron chi connectivity index (χ0n) is 11.2. The third-order valence-electron chi connectivity index (χ3n) is 3.19. The Bertz CT molecular complexity index is 271. The van der Waals surface area contributed by atoms with Gasteiger partial charge in [-0.15, -0.1) is 0 Å². The van der Waals surface area contributed by atoms with Gasteiger partial charge in [0.05, 0.1) is 6.04 Å². The summed E-state index contributed by atoms with van der Waals surface area (Å²) in [6.07, 6.45) is 9.09. The lowest BCUT2D eigenvalue weighted by atomic mass is 9.97. The van der Waals surface area contributed by atoms with Crippen molar-refractivity contribution in [1.29, 1.82) is 0 Å². The molecule has 0 heterocycles. The van der Waals surface area contributed by atoms with E-state index in [0.717, 1.165) is 19.4 Å². The van der Waals surface area contributed by atoms with Crippen molar-refractivity contribution >= 4 is 5.91 Å². The standard InChI is InChI=1S/C14H26N2O/c1-11(2)10-13(15)14(17)16-9-8-12-6-4-3-5-7-12/h6,11,13H,3-5,7-10,15H2,1-2H3,(H,16,17). The Balaban J connectivity index is 2.17. The van der Waals surface area contributed by atoms with Crippen LogP contribution in [0.15, 0.2) is 11.6 Å². The fourth-order valence-electron chi connectivity index (χ4n) is 2.22. The second kappa shape index (κ2) is 7.49. The SMILES string of the molecule is CC(C)CC(N)C(=O)NCCC1=CCCCC1. The molecule has 0 aromatic rings. The first kappa shape index (κ1) is 14.2. The van der Waals surface area contributed by atoms with Gasteiger partial charge in [-0.05, 0) is 44.4 Å². The first-order valence-corrected chi connectivity index (χ1v) is 6.80. The molecule has 3 heteroatoms. The molecule has 1 unspecified atom stereocenters. The minimum absolute atomic E-state index is 0.00453. The molecule has 0 spiro atoms. The molecular weight excluding hydrogens is 212 g/mol. The van der Waals surface area contributed by atoms with Gasteiger partial charge in [0, 0.05) is 6.54 Å². The lowest BCUT2D eigenvalue weighted by molar-refractivity contribution is -0.122. The van der Waals surface area contributed by atoms with E-state index < -0.39 is 0 Å². The summed E-state index contributed by atoms with van der Waals surface area (Å²) >= 11 is 0. The molecule has 17 heavy (non-hydrogen) atoms. The Kier molecular flexibility index (Phi) is 6.27. The van der Waals surface area contributed by atoms with Crippen LogP contribution < -0.4 is 11.1 Å².